The van der Waals surface area contributed by atoms with Crippen LogP contribution in [0.1, 0.15) is 64.2 Å². The van der Waals surface area contributed by atoms with Crippen molar-refractivity contribution in [3.8, 4) is 0 Å². The molecular weight excluding hydrogens is 234 g/mol. The molecule has 0 heterocycles. The first-order valence-corrected chi connectivity index (χ1v) is 8.58. The Morgan fingerprint density at radius 1 is 0.842 bits per heavy atom. The van der Waals surface area contributed by atoms with Gasteiger partial charge in [0.25, 0.3) is 0 Å². The summed E-state index contributed by atoms with van der Waals surface area (Å²) in [5.41, 5.74) is 7.31. The van der Waals surface area contributed by atoms with Crippen LogP contribution >= 0.6 is 0 Å². The molecule has 0 aromatic rings. The largest absolute Gasteiger partial charge is 0.393 e. The number of aliphatic hydroxyl groups is 1. The van der Waals surface area contributed by atoms with E-state index >= 15 is 0 Å². The van der Waals surface area contributed by atoms with Crippen molar-refractivity contribution in [2.45, 2.75) is 76.4 Å². The Morgan fingerprint density at radius 3 is 1.79 bits per heavy atom. The van der Waals surface area contributed by atoms with Gasteiger partial charge in [-0.3, -0.25) is 0 Å². The molecule has 5 rings (SSSR count). The predicted molar refractivity (Wildman–Crippen MR) is 76.5 cm³/mol. The van der Waals surface area contributed by atoms with E-state index in [1.807, 2.05) is 0 Å². The van der Waals surface area contributed by atoms with Crippen LogP contribution in [0.4, 0.5) is 0 Å². The van der Waals surface area contributed by atoms with Crippen molar-refractivity contribution in [3.05, 3.63) is 0 Å². The molecule has 5 aliphatic rings. The summed E-state index contributed by atoms with van der Waals surface area (Å²) in [7, 11) is 0. The second-order valence-corrected chi connectivity index (χ2v) is 8.37. The Bertz CT molecular complexity index is 310. The summed E-state index contributed by atoms with van der Waals surface area (Å²) in [6, 6.07) is 0.424. The summed E-state index contributed by atoms with van der Waals surface area (Å²) in [6.07, 6.45) is 13.1. The molecule has 108 valence electrons. The normalized spacial score (nSPS) is 54.3. The molecule has 1 unspecified atom stereocenters. The molecule has 5 aliphatic carbocycles. The molecular formula is C17H29NO. The first-order valence-electron chi connectivity index (χ1n) is 8.58. The minimum atomic E-state index is -0.0418. The molecule has 4 bridgehead atoms. The van der Waals surface area contributed by atoms with Gasteiger partial charge in [-0.1, -0.05) is 0 Å². The van der Waals surface area contributed by atoms with Crippen molar-refractivity contribution in [2.75, 3.05) is 0 Å². The number of hydrogen-bond acceptors (Lipinski definition) is 2. The van der Waals surface area contributed by atoms with E-state index < -0.39 is 0 Å². The zero-order chi connectivity index (χ0) is 13.0. The zero-order valence-electron chi connectivity index (χ0n) is 12.1. The van der Waals surface area contributed by atoms with Crippen LogP contribution in [0.15, 0.2) is 0 Å². The van der Waals surface area contributed by atoms with Crippen LogP contribution in [0.5, 0.6) is 0 Å². The Morgan fingerprint density at radius 2 is 1.32 bits per heavy atom. The summed E-state index contributed by atoms with van der Waals surface area (Å²) in [6.45, 7) is 0. The van der Waals surface area contributed by atoms with Crippen LogP contribution in [0.3, 0.4) is 0 Å². The minimum Gasteiger partial charge on any atom is -0.393 e. The van der Waals surface area contributed by atoms with Gasteiger partial charge in [-0.2, -0.15) is 0 Å². The summed E-state index contributed by atoms with van der Waals surface area (Å²) in [4.78, 5) is 0. The Hall–Kier alpha value is -0.0800. The summed E-state index contributed by atoms with van der Waals surface area (Å²) < 4.78 is 0. The van der Waals surface area contributed by atoms with Crippen molar-refractivity contribution in [1.82, 2.24) is 0 Å². The topological polar surface area (TPSA) is 46.2 Å². The highest BCUT2D eigenvalue weighted by molar-refractivity contribution is 5.07. The standard InChI is InChI=1S/C17H29NO/c18-16(14-1-3-15(19)4-2-14)17-8-11-5-12(9-17)7-13(6-11)10-17/h11-16,19H,1-10,18H2. The molecule has 19 heavy (non-hydrogen) atoms. The first kappa shape index (κ1) is 12.6. The SMILES string of the molecule is NC(C1CCC(O)CC1)C12CC3CC(CC(C3)C1)C2. The molecule has 0 saturated heterocycles. The molecule has 0 aromatic heterocycles. The lowest BCUT2D eigenvalue weighted by atomic mass is 9.46. The third-order valence-electron chi connectivity index (χ3n) is 7.04. The van der Waals surface area contributed by atoms with Crippen LogP contribution in [0.25, 0.3) is 0 Å². The Kier molecular flexibility index (Phi) is 2.97. The van der Waals surface area contributed by atoms with Crippen LogP contribution in [0.2, 0.25) is 0 Å². The molecule has 0 amide bonds. The van der Waals surface area contributed by atoms with E-state index in [9.17, 15) is 5.11 Å². The molecule has 5 fully saturated rings. The van der Waals surface area contributed by atoms with Crippen molar-refractivity contribution < 1.29 is 5.11 Å². The van der Waals surface area contributed by atoms with Gasteiger partial charge in [0.15, 0.2) is 0 Å². The van der Waals surface area contributed by atoms with Crippen molar-refractivity contribution >= 4 is 0 Å². The monoisotopic (exact) mass is 263 g/mol. The summed E-state index contributed by atoms with van der Waals surface area (Å²) in [5, 5.41) is 9.70. The van der Waals surface area contributed by atoms with Crippen molar-refractivity contribution in [3.63, 3.8) is 0 Å². The van der Waals surface area contributed by atoms with E-state index in [0.717, 1.165) is 30.6 Å². The van der Waals surface area contributed by atoms with Gasteiger partial charge >= 0.3 is 0 Å². The van der Waals surface area contributed by atoms with E-state index in [2.05, 4.69) is 0 Å². The van der Waals surface area contributed by atoms with Gasteiger partial charge in [-0.25, -0.2) is 0 Å². The van der Waals surface area contributed by atoms with Crippen LogP contribution < -0.4 is 5.73 Å². The van der Waals surface area contributed by atoms with Crippen LogP contribution in [-0.2, 0) is 0 Å². The lowest BCUT2D eigenvalue weighted by Crippen LogP contribution is -2.57. The average Bonchev–Trinajstić information content (AvgIpc) is 2.37. The molecule has 2 heteroatoms. The van der Waals surface area contributed by atoms with E-state index in [-0.39, 0.29) is 6.10 Å². The van der Waals surface area contributed by atoms with E-state index in [1.54, 1.807) is 0 Å². The van der Waals surface area contributed by atoms with Crippen molar-refractivity contribution in [2.24, 2.45) is 34.8 Å². The molecule has 1 atom stereocenters. The van der Waals surface area contributed by atoms with Gasteiger partial charge in [-0.15, -0.1) is 0 Å². The number of hydrogen-bond donors (Lipinski definition) is 2. The molecule has 3 N–H and O–H groups in total. The third-order valence-corrected chi connectivity index (χ3v) is 7.04. The first-order chi connectivity index (χ1) is 9.14. The van der Waals surface area contributed by atoms with Gasteiger partial charge in [0.05, 0.1) is 6.10 Å². The van der Waals surface area contributed by atoms with E-state index in [1.165, 1.54) is 51.4 Å². The average molecular weight is 263 g/mol. The van der Waals surface area contributed by atoms with E-state index in [0.29, 0.717) is 17.4 Å². The third kappa shape index (κ3) is 2.06. The van der Waals surface area contributed by atoms with Gasteiger partial charge in [-0.05, 0) is 93.3 Å². The lowest BCUT2D eigenvalue weighted by Gasteiger charge is -2.60. The maximum Gasteiger partial charge on any atom is 0.0540 e. The fourth-order valence-electron chi connectivity index (χ4n) is 6.55. The number of aliphatic hydroxyl groups excluding tert-OH is 1. The predicted octanol–water partition coefficient (Wildman–Crippen LogP) is 3.08. The molecule has 0 spiro atoms. The van der Waals surface area contributed by atoms with Gasteiger partial charge < -0.3 is 10.8 Å². The number of rotatable bonds is 2. The van der Waals surface area contributed by atoms with Gasteiger partial charge in [0, 0.05) is 6.04 Å². The highest BCUT2D eigenvalue weighted by Gasteiger charge is 2.54. The smallest absolute Gasteiger partial charge is 0.0540 e. The van der Waals surface area contributed by atoms with E-state index in [4.69, 9.17) is 5.73 Å². The van der Waals surface area contributed by atoms with Crippen LogP contribution in [0, 0.1) is 29.1 Å². The minimum absolute atomic E-state index is 0.0418. The lowest BCUT2D eigenvalue weighted by molar-refractivity contribution is -0.0819. The highest BCUT2D eigenvalue weighted by atomic mass is 16.3. The maximum atomic E-state index is 9.70. The molecule has 5 saturated carbocycles. The summed E-state index contributed by atoms with van der Waals surface area (Å²) in [5.74, 6) is 3.71. The quantitative estimate of drug-likeness (QED) is 0.804. The second kappa shape index (κ2) is 4.46. The van der Waals surface area contributed by atoms with Gasteiger partial charge in [0.1, 0.15) is 0 Å². The highest BCUT2D eigenvalue weighted by Crippen LogP contribution is 2.62. The zero-order valence-corrected chi connectivity index (χ0v) is 12.1. The second-order valence-electron chi connectivity index (χ2n) is 8.37. The molecule has 0 aliphatic heterocycles. The molecule has 0 radical (unpaired) electrons. The Labute approximate surface area is 117 Å². The van der Waals surface area contributed by atoms with Crippen LogP contribution in [-0.4, -0.2) is 17.3 Å². The Balaban J connectivity index is 1.51. The molecule has 2 nitrogen and oxygen atoms in total. The summed E-state index contributed by atoms with van der Waals surface area (Å²) >= 11 is 0. The fourth-order valence-corrected chi connectivity index (χ4v) is 6.55. The fraction of sp³-hybridized carbons (Fsp3) is 1.00. The number of nitrogens with two attached hydrogens (primary N) is 1. The van der Waals surface area contributed by atoms with Gasteiger partial charge in [0.2, 0.25) is 0 Å². The maximum absolute atomic E-state index is 9.70. The molecule has 0 aromatic carbocycles. The van der Waals surface area contributed by atoms with Crippen molar-refractivity contribution in [1.29, 1.82) is 0 Å².